The monoisotopic (exact) mass is 372 g/mol. The SMILES string of the molecule is COc1cc(OC)cc(C(=O)NCCS(=O)(=O)NC[C@H]2CCCO2)c1. The van der Waals surface area contributed by atoms with E-state index in [0.29, 0.717) is 23.7 Å². The number of rotatable bonds is 9. The van der Waals surface area contributed by atoms with Crippen molar-refractivity contribution in [3.63, 3.8) is 0 Å². The van der Waals surface area contributed by atoms with Gasteiger partial charge in [-0.25, -0.2) is 13.1 Å². The number of amides is 1. The summed E-state index contributed by atoms with van der Waals surface area (Å²) in [6.45, 7) is 0.940. The molecule has 2 N–H and O–H groups in total. The van der Waals surface area contributed by atoms with E-state index in [9.17, 15) is 13.2 Å². The molecule has 2 rings (SSSR count). The maximum atomic E-state index is 12.2. The molecule has 1 saturated heterocycles. The summed E-state index contributed by atoms with van der Waals surface area (Å²) in [5.41, 5.74) is 0.334. The summed E-state index contributed by atoms with van der Waals surface area (Å²) in [6.07, 6.45) is 1.75. The summed E-state index contributed by atoms with van der Waals surface area (Å²) in [5.74, 6) is 0.365. The van der Waals surface area contributed by atoms with E-state index in [0.717, 1.165) is 12.8 Å². The number of nitrogens with one attached hydrogen (secondary N) is 2. The molecule has 1 fully saturated rings. The first-order valence-electron chi connectivity index (χ1n) is 8.04. The molecule has 140 valence electrons. The van der Waals surface area contributed by atoms with Crippen molar-refractivity contribution < 1.29 is 27.4 Å². The van der Waals surface area contributed by atoms with Crippen LogP contribution in [-0.4, -0.2) is 60.1 Å². The molecule has 1 aromatic rings. The van der Waals surface area contributed by atoms with E-state index in [1.54, 1.807) is 18.2 Å². The van der Waals surface area contributed by atoms with Crippen LogP contribution in [0.4, 0.5) is 0 Å². The first kappa shape index (κ1) is 19.5. The van der Waals surface area contributed by atoms with Gasteiger partial charge in [-0.05, 0) is 25.0 Å². The van der Waals surface area contributed by atoms with Gasteiger partial charge in [0.2, 0.25) is 10.0 Å². The van der Waals surface area contributed by atoms with Crippen LogP contribution in [0, 0.1) is 0 Å². The van der Waals surface area contributed by atoms with Crippen LogP contribution in [-0.2, 0) is 14.8 Å². The molecule has 0 saturated carbocycles. The van der Waals surface area contributed by atoms with Gasteiger partial charge < -0.3 is 19.5 Å². The Balaban J connectivity index is 1.82. The van der Waals surface area contributed by atoms with Crippen LogP contribution in [0.2, 0.25) is 0 Å². The molecule has 0 spiro atoms. The van der Waals surface area contributed by atoms with Crippen LogP contribution >= 0.6 is 0 Å². The van der Waals surface area contributed by atoms with E-state index >= 15 is 0 Å². The molecule has 1 heterocycles. The molecule has 0 bridgehead atoms. The van der Waals surface area contributed by atoms with Crippen molar-refractivity contribution in [2.75, 3.05) is 39.7 Å². The summed E-state index contributed by atoms with van der Waals surface area (Å²) < 4.78 is 42.0. The highest BCUT2D eigenvalue weighted by molar-refractivity contribution is 7.89. The molecule has 1 amide bonds. The highest BCUT2D eigenvalue weighted by Gasteiger charge is 2.19. The molecule has 0 unspecified atom stereocenters. The molecule has 1 aliphatic heterocycles. The minimum atomic E-state index is -3.47. The van der Waals surface area contributed by atoms with E-state index in [2.05, 4.69) is 10.0 Å². The van der Waals surface area contributed by atoms with Crippen molar-refractivity contribution in [1.82, 2.24) is 10.0 Å². The standard InChI is InChI=1S/C16H24N2O6S/c1-22-14-8-12(9-15(10-14)23-2)16(19)17-5-7-25(20,21)18-11-13-4-3-6-24-13/h8-10,13,18H,3-7,11H2,1-2H3,(H,17,19)/t13-/m1/s1. The summed E-state index contributed by atoms with van der Waals surface area (Å²) in [6, 6.07) is 4.76. The number of carbonyl (C=O) groups is 1. The third kappa shape index (κ3) is 6.18. The average Bonchev–Trinajstić information content (AvgIpc) is 3.13. The summed E-state index contributed by atoms with van der Waals surface area (Å²) in [7, 11) is -0.489. The molecule has 0 aromatic heterocycles. The van der Waals surface area contributed by atoms with E-state index < -0.39 is 15.9 Å². The Kier molecular flexibility index (Phi) is 7.03. The van der Waals surface area contributed by atoms with Gasteiger partial charge in [0.05, 0.1) is 26.1 Å². The quantitative estimate of drug-likeness (QED) is 0.656. The number of ether oxygens (including phenoxy) is 3. The Bertz CT molecular complexity index is 664. The Hall–Kier alpha value is -1.84. The smallest absolute Gasteiger partial charge is 0.251 e. The lowest BCUT2D eigenvalue weighted by Gasteiger charge is -2.12. The molecule has 1 aliphatic rings. The number of sulfonamides is 1. The van der Waals surface area contributed by atoms with Crippen LogP contribution in [0.3, 0.4) is 0 Å². The Morgan fingerprint density at radius 3 is 2.48 bits per heavy atom. The summed E-state index contributed by atoms with van der Waals surface area (Å²) in [4.78, 5) is 12.2. The van der Waals surface area contributed by atoms with Gasteiger partial charge in [0, 0.05) is 31.3 Å². The lowest BCUT2D eigenvalue weighted by molar-refractivity contribution is 0.0955. The topological polar surface area (TPSA) is 103 Å². The van der Waals surface area contributed by atoms with Crippen LogP contribution < -0.4 is 19.5 Å². The average molecular weight is 372 g/mol. The summed E-state index contributed by atoms with van der Waals surface area (Å²) in [5, 5.41) is 2.59. The number of hydrogen-bond donors (Lipinski definition) is 2. The van der Waals surface area contributed by atoms with E-state index in [4.69, 9.17) is 14.2 Å². The van der Waals surface area contributed by atoms with Crippen LogP contribution in [0.15, 0.2) is 18.2 Å². The Labute approximate surface area is 147 Å². The second-order valence-electron chi connectivity index (χ2n) is 5.66. The number of hydrogen-bond acceptors (Lipinski definition) is 6. The van der Waals surface area contributed by atoms with Gasteiger partial charge in [0.25, 0.3) is 5.91 Å². The second-order valence-corrected chi connectivity index (χ2v) is 7.59. The van der Waals surface area contributed by atoms with Gasteiger partial charge in [-0.1, -0.05) is 0 Å². The van der Waals surface area contributed by atoms with Gasteiger partial charge in [0.15, 0.2) is 0 Å². The van der Waals surface area contributed by atoms with Crippen molar-refractivity contribution >= 4 is 15.9 Å². The molecular weight excluding hydrogens is 348 g/mol. The molecule has 0 aliphatic carbocycles. The van der Waals surface area contributed by atoms with Gasteiger partial charge >= 0.3 is 0 Å². The van der Waals surface area contributed by atoms with Crippen molar-refractivity contribution in [2.24, 2.45) is 0 Å². The van der Waals surface area contributed by atoms with Gasteiger partial charge in [0.1, 0.15) is 11.5 Å². The number of carbonyl (C=O) groups excluding carboxylic acids is 1. The van der Waals surface area contributed by atoms with Gasteiger partial charge in [-0.2, -0.15) is 0 Å². The lowest BCUT2D eigenvalue weighted by Crippen LogP contribution is -2.37. The number of methoxy groups -OCH3 is 2. The predicted octanol–water partition coefficient (Wildman–Crippen LogP) is 0.532. The van der Waals surface area contributed by atoms with Gasteiger partial charge in [-0.3, -0.25) is 4.79 Å². The third-order valence-electron chi connectivity index (χ3n) is 3.82. The van der Waals surface area contributed by atoms with Crippen LogP contribution in [0.25, 0.3) is 0 Å². The molecule has 1 atom stereocenters. The predicted molar refractivity (Wildman–Crippen MR) is 92.6 cm³/mol. The zero-order chi connectivity index (χ0) is 18.3. The zero-order valence-electron chi connectivity index (χ0n) is 14.4. The van der Waals surface area contributed by atoms with E-state index in [-0.39, 0.29) is 24.9 Å². The van der Waals surface area contributed by atoms with Crippen LogP contribution in [0.5, 0.6) is 11.5 Å². The largest absolute Gasteiger partial charge is 0.497 e. The lowest BCUT2D eigenvalue weighted by atomic mass is 10.2. The van der Waals surface area contributed by atoms with Crippen molar-refractivity contribution in [2.45, 2.75) is 18.9 Å². The Morgan fingerprint density at radius 1 is 1.24 bits per heavy atom. The fourth-order valence-electron chi connectivity index (χ4n) is 2.44. The molecule has 25 heavy (non-hydrogen) atoms. The minimum absolute atomic E-state index is 0.000778. The maximum absolute atomic E-state index is 12.2. The fraction of sp³-hybridized carbons (Fsp3) is 0.562. The van der Waals surface area contributed by atoms with E-state index in [1.807, 2.05) is 0 Å². The van der Waals surface area contributed by atoms with Crippen molar-refractivity contribution in [3.8, 4) is 11.5 Å². The third-order valence-corrected chi connectivity index (χ3v) is 5.17. The number of benzene rings is 1. The summed E-state index contributed by atoms with van der Waals surface area (Å²) >= 11 is 0. The normalized spacial score (nSPS) is 17.3. The molecular formula is C16H24N2O6S. The maximum Gasteiger partial charge on any atom is 0.251 e. The molecule has 8 nitrogen and oxygen atoms in total. The molecule has 9 heteroatoms. The highest BCUT2D eigenvalue weighted by Crippen LogP contribution is 2.22. The first-order chi connectivity index (χ1) is 11.9. The highest BCUT2D eigenvalue weighted by atomic mass is 32.2. The molecule has 0 radical (unpaired) electrons. The second kappa shape index (κ2) is 9.02. The van der Waals surface area contributed by atoms with Crippen LogP contribution in [0.1, 0.15) is 23.2 Å². The van der Waals surface area contributed by atoms with Crippen molar-refractivity contribution in [3.05, 3.63) is 23.8 Å². The van der Waals surface area contributed by atoms with Gasteiger partial charge in [-0.15, -0.1) is 0 Å². The Morgan fingerprint density at radius 2 is 1.92 bits per heavy atom. The van der Waals surface area contributed by atoms with E-state index in [1.165, 1.54) is 14.2 Å². The minimum Gasteiger partial charge on any atom is -0.497 e. The fourth-order valence-corrected chi connectivity index (χ4v) is 3.39. The first-order valence-corrected chi connectivity index (χ1v) is 9.69. The zero-order valence-corrected chi connectivity index (χ0v) is 15.2. The van der Waals surface area contributed by atoms with Crippen molar-refractivity contribution in [1.29, 1.82) is 0 Å². The molecule has 1 aromatic carbocycles.